The topological polar surface area (TPSA) is 8.17 Å². The Labute approximate surface area is 381 Å². The summed E-state index contributed by atoms with van der Waals surface area (Å²) in [6, 6.07) is 88.9. The predicted octanol–water partition coefficient (Wildman–Crippen LogP) is 17.9. The summed E-state index contributed by atoms with van der Waals surface area (Å²) in [7, 11) is 0. The highest BCUT2D eigenvalue weighted by molar-refractivity contribution is 7.27. The number of rotatable bonds is 7. The number of nitrogens with zero attached hydrogens (tertiary/aromatic N) is 2. The Morgan fingerprint density at radius 1 is 0.292 bits per heavy atom. The highest BCUT2D eigenvalue weighted by Gasteiger charge is 2.20. The number of anilines is 3. The van der Waals surface area contributed by atoms with E-state index in [1.54, 1.807) is 0 Å². The molecule has 0 saturated carbocycles. The number of para-hydroxylation sites is 2. The third-order valence-corrected chi connectivity index (χ3v) is 14.4. The average Bonchev–Trinajstić information content (AvgIpc) is 3.94. The summed E-state index contributed by atoms with van der Waals surface area (Å²) in [4.78, 5) is 2.44. The minimum Gasteiger partial charge on any atom is -0.309 e. The smallest absolute Gasteiger partial charge is 0.0640 e. The number of hydrogen-bond acceptors (Lipinski definition) is 2. The SMILES string of the molecule is c1cc(-c2ccc(N(c3ccc(-c4cccc(-n5c6ccccc6c6ccccc65)c4)cc3)c3cccc4c3sc3c5ccccc5ccc43)cc2)cc(-c2ccc3ccccc3c2)c1. The molecule has 2 aromatic heterocycles. The standard InChI is InChI=1S/C62H40N2S/c1-2-14-45-39-49(27-26-41(45)12-1)47-16-9-15-46(38-47)42-28-33-50(34-29-42)63(60-25-11-22-56-57-37-32-44-13-3-4-19-53(44)61(57)65-62(56)60)51-35-30-43(31-36-51)48-17-10-18-52(40-48)64-58-23-7-5-20-54(58)55-21-6-8-24-59(55)64/h1-40H. The minimum atomic E-state index is 1.10. The molecule has 0 aliphatic carbocycles. The van der Waals surface area contributed by atoms with Gasteiger partial charge in [0.25, 0.3) is 0 Å². The van der Waals surface area contributed by atoms with Crippen LogP contribution in [-0.4, -0.2) is 4.57 Å². The maximum absolute atomic E-state index is 2.44. The van der Waals surface area contributed by atoms with E-state index in [1.165, 1.54) is 103 Å². The van der Waals surface area contributed by atoms with Gasteiger partial charge in [0.2, 0.25) is 0 Å². The van der Waals surface area contributed by atoms with E-state index in [4.69, 9.17) is 0 Å². The summed E-state index contributed by atoms with van der Waals surface area (Å²) in [5.74, 6) is 0. The largest absolute Gasteiger partial charge is 0.309 e. The summed E-state index contributed by atoms with van der Waals surface area (Å²) in [5, 5.41) is 10.2. The van der Waals surface area contributed by atoms with Gasteiger partial charge >= 0.3 is 0 Å². The lowest BCUT2D eigenvalue weighted by Gasteiger charge is -2.26. The van der Waals surface area contributed by atoms with Crippen LogP contribution >= 0.6 is 11.3 Å². The first-order valence-corrected chi connectivity index (χ1v) is 23.1. The molecular weight excluding hydrogens is 805 g/mol. The Kier molecular flexibility index (Phi) is 8.75. The Hall–Kier alpha value is -8.24. The van der Waals surface area contributed by atoms with Crippen LogP contribution < -0.4 is 4.90 Å². The molecule has 0 atom stereocenters. The van der Waals surface area contributed by atoms with Gasteiger partial charge in [-0.3, -0.25) is 0 Å². The van der Waals surface area contributed by atoms with Gasteiger partial charge in [-0.25, -0.2) is 0 Å². The highest BCUT2D eigenvalue weighted by atomic mass is 32.1. The lowest BCUT2D eigenvalue weighted by Crippen LogP contribution is -2.10. The van der Waals surface area contributed by atoms with Crippen molar-refractivity contribution in [1.82, 2.24) is 4.57 Å². The van der Waals surface area contributed by atoms with Gasteiger partial charge < -0.3 is 9.47 Å². The van der Waals surface area contributed by atoms with Crippen molar-refractivity contribution in [1.29, 1.82) is 0 Å². The van der Waals surface area contributed by atoms with Crippen molar-refractivity contribution >= 4 is 91.9 Å². The van der Waals surface area contributed by atoms with Gasteiger partial charge in [0.05, 0.1) is 21.4 Å². The van der Waals surface area contributed by atoms with Crippen LogP contribution in [-0.2, 0) is 0 Å². The van der Waals surface area contributed by atoms with Crippen LogP contribution in [0.5, 0.6) is 0 Å². The third kappa shape index (κ3) is 6.31. The van der Waals surface area contributed by atoms with Crippen LogP contribution in [0.25, 0.3) is 103 Å². The molecule has 0 spiro atoms. The minimum absolute atomic E-state index is 1.10. The maximum Gasteiger partial charge on any atom is 0.0640 e. The molecule has 0 amide bonds. The van der Waals surface area contributed by atoms with Gasteiger partial charge in [0.1, 0.15) is 0 Å². The summed E-state index contributed by atoms with van der Waals surface area (Å²) in [5.41, 5.74) is 14.1. The van der Waals surface area contributed by atoms with E-state index in [2.05, 4.69) is 252 Å². The van der Waals surface area contributed by atoms with Crippen molar-refractivity contribution in [3.05, 3.63) is 243 Å². The van der Waals surface area contributed by atoms with Gasteiger partial charge in [0, 0.05) is 43.3 Å². The van der Waals surface area contributed by atoms with Gasteiger partial charge in [-0.15, -0.1) is 11.3 Å². The fourth-order valence-electron chi connectivity index (χ4n) is 9.99. The number of hydrogen-bond donors (Lipinski definition) is 0. The summed E-state index contributed by atoms with van der Waals surface area (Å²) in [6.07, 6.45) is 0. The van der Waals surface area contributed by atoms with E-state index in [-0.39, 0.29) is 0 Å². The predicted molar refractivity (Wildman–Crippen MR) is 280 cm³/mol. The first-order valence-electron chi connectivity index (χ1n) is 22.2. The number of benzene rings is 11. The van der Waals surface area contributed by atoms with E-state index in [9.17, 15) is 0 Å². The molecule has 0 radical (unpaired) electrons. The third-order valence-electron chi connectivity index (χ3n) is 13.2. The molecule has 3 heteroatoms. The maximum atomic E-state index is 2.44. The van der Waals surface area contributed by atoms with E-state index in [0.717, 1.165) is 17.1 Å². The summed E-state index contributed by atoms with van der Waals surface area (Å²) < 4.78 is 4.99. The molecule has 0 unspecified atom stereocenters. The second-order valence-electron chi connectivity index (χ2n) is 16.9. The van der Waals surface area contributed by atoms with Gasteiger partial charge in [0.15, 0.2) is 0 Å². The Morgan fingerprint density at radius 3 is 1.49 bits per heavy atom. The Morgan fingerprint density at radius 2 is 0.785 bits per heavy atom. The fourth-order valence-corrected chi connectivity index (χ4v) is 11.3. The van der Waals surface area contributed by atoms with Gasteiger partial charge in [-0.1, -0.05) is 176 Å². The molecule has 0 aliphatic heterocycles. The molecule has 0 saturated heterocycles. The van der Waals surface area contributed by atoms with Crippen LogP contribution in [0.3, 0.4) is 0 Å². The number of thiophene rings is 1. The monoisotopic (exact) mass is 844 g/mol. The van der Waals surface area contributed by atoms with Crippen LogP contribution in [0.4, 0.5) is 17.1 Å². The first kappa shape index (κ1) is 37.3. The van der Waals surface area contributed by atoms with Crippen molar-refractivity contribution in [2.45, 2.75) is 0 Å². The Bertz CT molecular complexity index is 3900. The molecule has 2 nitrogen and oxygen atoms in total. The second-order valence-corrected chi connectivity index (χ2v) is 17.9. The van der Waals surface area contributed by atoms with E-state index in [0.29, 0.717) is 0 Å². The zero-order valence-electron chi connectivity index (χ0n) is 35.4. The van der Waals surface area contributed by atoms with E-state index in [1.807, 2.05) is 11.3 Å². The molecule has 0 aliphatic rings. The van der Waals surface area contributed by atoms with Crippen molar-refractivity contribution in [2.75, 3.05) is 4.90 Å². The highest BCUT2D eigenvalue weighted by Crippen LogP contribution is 2.47. The molecule has 0 bridgehead atoms. The average molecular weight is 845 g/mol. The second kappa shape index (κ2) is 15.2. The first-order chi connectivity index (χ1) is 32.2. The summed E-state index contributed by atoms with van der Waals surface area (Å²) in [6.45, 7) is 0. The van der Waals surface area contributed by atoms with Crippen LogP contribution in [0.15, 0.2) is 243 Å². The normalized spacial score (nSPS) is 11.7. The lowest BCUT2D eigenvalue weighted by molar-refractivity contribution is 1.18. The van der Waals surface area contributed by atoms with Crippen LogP contribution in [0, 0.1) is 0 Å². The fraction of sp³-hybridized carbons (Fsp3) is 0. The van der Waals surface area contributed by atoms with E-state index < -0.39 is 0 Å². The number of fused-ring (bicyclic) bond motifs is 9. The molecule has 0 N–H and O–H groups in total. The molecule has 304 valence electrons. The lowest BCUT2D eigenvalue weighted by atomic mass is 9.97. The van der Waals surface area contributed by atoms with Crippen molar-refractivity contribution < 1.29 is 0 Å². The zero-order chi connectivity index (χ0) is 42.8. The molecule has 11 aromatic carbocycles. The van der Waals surface area contributed by atoms with Gasteiger partial charge in [-0.2, -0.15) is 0 Å². The molecule has 13 rings (SSSR count). The zero-order valence-corrected chi connectivity index (χ0v) is 36.2. The van der Waals surface area contributed by atoms with Gasteiger partial charge in [-0.05, 0) is 122 Å². The molecule has 2 heterocycles. The Balaban J connectivity index is 0.913. The van der Waals surface area contributed by atoms with Crippen molar-refractivity contribution in [3.8, 4) is 39.1 Å². The van der Waals surface area contributed by atoms with E-state index >= 15 is 0 Å². The van der Waals surface area contributed by atoms with Crippen molar-refractivity contribution in [3.63, 3.8) is 0 Å². The quantitative estimate of drug-likeness (QED) is 0.155. The molecular formula is C62H40N2S. The molecule has 65 heavy (non-hydrogen) atoms. The van der Waals surface area contributed by atoms with Crippen LogP contribution in [0.1, 0.15) is 0 Å². The number of aromatic nitrogens is 1. The summed E-state index contributed by atoms with van der Waals surface area (Å²) >= 11 is 1.89. The molecule has 0 fully saturated rings. The van der Waals surface area contributed by atoms with Crippen molar-refractivity contribution in [2.24, 2.45) is 0 Å². The van der Waals surface area contributed by atoms with Crippen LogP contribution in [0.2, 0.25) is 0 Å². The molecule has 13 aromatic rings.